The van der Waals surface area contributed by atoms with Crippen LogP contribution in [0.1, 0.15) is 13.3 Å². The molecule has 26 heavy (non-hydrogen) atoms. The summed E-state index contributed by atoms with van der Waals surface area (Å²) >= 11 is 1.54. The number of nitrogens with one attached hydrogen (secondary N) is 1. The van der Waals surface area contributed by atoms with Gasteiger partial charge in [-0.15, -0.1) is 11.8 Å². The van der Waals surface area contributed by atoms with Gasteiger partial charge in [0.05, 0.1) is 44.3 Å². The molecule has 0 saturated carbocycles. The van der Waals surface area contributed by atoms with Crippen molar-refractivity contribution in [3.8, 4) is 5.75 Å². The molecule has 1 amide bonds. The van der Waals surface area contributed by atoms with Crippen LogP contribution in [0.3, 0.4) is 0 Å². The Labute approximate surface area is 159 Å². The van der Waals surface area contributed by atoms with E-state index in [2.05, 4.69) is 0 Å². The molecule has 3 rings (SSSR count). The monoisotopic (exact) mass is 399 g/mol. The summed E-state index contributed by atoms with van der Waals surface area (Å²) in [6.45, 7) is 5.72. The van der Waals surface area contributed by atoms with Crippen LogP contribution in [0, 0.1) is 0 Å². The number of benzene rings is 1. The molecule has 0 aliphatic carbocycles. The number of carbonyl (C=O) groups excluding carboxylic acids is 1. The first-order chi connectivity index (χ1) is 12.5. The van der Waals surface area contributed by atoms with Crippen molar-refractivity contribution in [2.45, 2.75) is 24.3 Å². The highest BCUT2D eigenvalue weighted by molar-refractivity contribution is 8.00. The minimum absolute atomic E-state index is 0.155. The molecular weight excluding hydrogens is 372 g/mol. The van der Waals surface area contributed by atoms with Crippen LogP contribution in [0.25, 0.3) is 0 Å². The molecule has 2 fully saturated rings. The van der Waals surface area contributed by atoms with Gasteiger partial charge in [0, 0.05) is 11.3 Å². The Morgan fingerprint density at radius 1 is 1.27 bits per heavy atom. The van der Waals surface area contributed by atoms with Crippen molar-refractivity contribution in [3.05, 3.63) is 24.3 Å². The quantitative estimate of drug-likeness (QED) is 0.687. The van der Waals surface area contributed by atoms with Gasteiger partial charge in [-0.3, -0.25) is 4.79 Å². The van der Waals surface area contributed by atoms with E-state index < -0.39 is 9.84 Å². The molecule has 2 heterocycles. The second kappa shape index (κ2) is 8.63. The summed E-state index contributed by atoms with van der Waals surface area (Å²) in [6.07, 6.45) is 0.763. The Morgan fingerprint density at radius 3 is 2.54 bits per heavy atom. The van der Waals surface area contributed by atoms with Crippen LogP contribution in [-0.2, 0) is 14.6 Å². The minimum atomic E-state index is -2.83. The van der Waals surface area contributed by atoms with Crippen molar-refractivity contribution >= 4 is 27.5 Å². The topological polar surface area (TPSA) is 68.1 Å². The van der Waals surface area contributed by atoms with Gasteiger partial charge in [-0.2, -0.15) is 0 Å². The SMILES string of the molecule is CCOc1ccc(SCC(=O)N2CC[NH+]([C@@H]3CCS(=O)(=O)C3)CC2)cc1. The number of rotatable bonds is 6. The molecule has 144 valence electrons. The van der Waals surface area contributed by atoms with Gasteiger partial charge in [0.15, 0.2) is 9.84 Å². The molecule has 0 aromatic heterocycles. The fourth-order valence-electron chi connectivity index (χ4n) is 3.60. The first kappa shape index (κ1) is 19.5. The van der Waals surface area contributed by atoms with Crippen LogP contribution in [-0.4, -0.2) is 75.3 Å². The number of ether oxygens (including phenoxy) is 1. The second-order valence-electron chi connectivity index (χ2n) is 6.83. The Morgan fingerprint density at radius 2 is 1.96 bits per heavy atom. The van der Waals surface area contributed by atoms with E-state index in [9.17, 15) is 13.2 Å². The summed E-state index contributed by atoms with van der Waals surface area (Å²) < 4.78 is 28.7. The fourth-order valence-corrected chi connectivity index (χ4v) is 6.23. The van der Waals surface area contributed by atoms with Gasteiger partial charge in [0.25, 0.3) is 0 Å². The normalized spacial score (nSPS) is 23.1. The Kier molecular flexibility index (Phi) is 6.47. The largest absolute Gasteiger partial charge is 0.494 e. The van der Waals surface area contributed by atoms with Crippen LogP contribution < -0.4 is 9.64 Å². The van der Waals surface area contributed by atoms with E-state index in [1.807, 2.05) is 36.1 Å². The van der Waals surface area contributed by atoms with Crippen molar-refractivity contribution in [3.63, 3.8) is 0 Å². The Bertz CT molecular complexity index is 713. The molecule has 0 spiro atoms. The average molecular weight is 400 g/mol. The van der Waals surface area contributed by atoms with Gasteiger partial charge in [0.2, 0.25) is 5.91 Å². The van der Waals surface area contributed by atoms with Gasteiger partial charge >= 0.3 is 0 Å². The maximum absolute atomic E-state index is 12.4. The summed E-state index contributed by atoms with van der Waals surface area (Å²) in [5.41, 5.74) is 0. The molecule has 2 aliphatic rings. The summed E-state index contributed by atoms with van der Waals surface area (Å²) in [5.74, 6) is 2.06. The van der Waals surface area contributed by atoms with Crippen LogP contribution >= 0.6 is 11.8 Å². The van der Waals surface area contributed by atoms with Gasteiger partial charge < -0.3 is 14.5 Å². The van der Waals surface area contributed by atoms with Gasteiger partial charge in [0.1, 0.15) is 17.5 Å². The zero-order chi connectivity index (χ0) is 18.6. The van der Waals surface area contributed by atoms with Crippen molar-refractivity contribution < 1.29 is 22.8 Å². The highest BCUT2D eigenvalue weighted by atomic mass is 32.2. The van der Waals surface area contributed by atoms with E-state index >= 15 is 0 Å². The Balaban J connectivity index is 1.42. The van der Waals surface area contributed by atoms with E-state index in [0.29, 0.717) is 37.0 Å². The van der Waals surface area contributed by atoms with E-state index in [4.69, 9.17) is 4.74 Å². The van der Waals surface area contributed by atoms with Gasteiger partial charge in [-0.25, -0.2) is 8.42 Å². The third-order valence-electron chi connectivity index (χ3n) is 5.07. The molecule has 8 heteroatoms. The minimum Gasteiger partial charge on any atom is -0.494 e. The van der Waals surface area contributed by atoms with Crippen LogP contribution in [0.2, 0.25) is 0 Å². The lowest BCUT2D eigenvalue weighted by Gasteiger charge is -2.35. The third-order valence-corrected chi connectivity index (χ3v) is 7.83. The highest BCUT2D eigenvalue weighted by Gasteiger charge is 2.37. The number of sulfone groups is 1. The van der Waals surface area contributed by atoms with E-state index in [0.717, 1.165) is 30.2 Å². The molecule has 1 N–H and O–H groups in total. The predicted molar refractivity (Wildman–Crippen MR) is 103 cm³/mol. The van der Waals surface area contributed by atoms with E-state index in [-0.39, 0.29) is 11.9 Å². The molecule has 2 aliphatic heterocycles. The molecule has 0 bridgehead atoms. The molecule has 2 saturated heterocycles. The summed E-state index contributed by atoms with van der Waals surface area (Å²) in [5, 5.41) is 0. The number of hydrogen-bond acceptors (Lipinski definition) is 5. The third kappa shape index (κ3) is 5.14. The molecule has 0 radical (unpaired) electrons. The van der Waals surface area contributed by atoms with Crippen molar-refractivity contribution in [1.29, 1.82) is 0 Å². The number of quaternary nitrogens is 1. The number of carbonyl (C=O) groups is 1. The van der Waals surface area contributed by atoms with Crippen molar-refractivity contribution in [2.75, 3.05) is 50.0 Å². The number of nitrogens with zero attached hydrogens (tertiary/aromatic N) is 1. The summed E-state index contributed by atoms with van der Waals surface area (Å²) in [4.78, 5) is 16.8. The van der Waals surface area contributed by atoms with Gasteiger partial charge in [-0.05, 0) is 31.2 Å². The molecule has 1 atom stereocenters. The van der Waals surface area contributed by atoms with Crippen LogP contribution in [0.15, 0.2) is 29.2 Å². The molecular formula is C18H27N2O4S2+. The van der Waals surface area contributed by atoms with Crippen molar-refractivity contribution in [2.24, 2.45) is 0 Å². The highest BCUT2D eigenvalue weighted by Crippen LogP contribution is 2.22. The average Bonchev–Trinajstić information content (AvgIpc) is 3.01. The molecule has 1 aromatic carbocycles. The second-order valence-corrected chi connectivity index (χ2v) is 10.1. The Hall–Kier alpha value is -1.25. The number of piperazine rings is 1. The summed E-state index contributed by atoms with van der Waals surface area (Å²) in [6, 6.07) is 8.02. The zero-order valence-electron chi connectivity index (χ0n) is 15.1. The lowest BCUT2D eigenvalue weighted by atomic mass is 10.2. The number of hydrogen-bond donors (Lipinski definition) is 1. The smallest absolute Gasteiger partial charge is 0.233 e. The molecule has 1 aromatic rings. The number of thioether (sulfide) groups is 1. The van der Waals surface area contributed by atoms with E-state index in [1.165, 1.54) is 4.90 Å². The van der Waals surface area contributed by atoms with Gasteiger partial charge in [-0.1, -0.05) is 0 Å². The first-order valence-electron chi connectivity index (χ1n) is 9.15. The maximum atomic E-state index is 12.4. The molecule has 6 nitrogen and oxygen atoms in total. The zero-order valence-corrected chi connectivity index (χ0v) is 16.8. The maximum Gasteiger partial charge on any atom is 0.233 e. The lowest BCUT2D eigenvalue weighted by Crippen LogP contribution is -3.18. The predicted octanol–water partition coefficient (Wildman–Crippen LogP) is 0.0916. The first-order valence-corrected chi connectivity index (χ1v) is 12.0. The standard InChI is InChI=1S/C18H26N2O4S2/c1-2-24-16-3-5-17(6-4-16)25-13-18(21)20-10-8-19(9-11-20)15-7-12-26(22,23)14-15/h3-6,15H,2,7-14H2,1H3/p+1/t15-/m1/s1. The molecule has 0 unspecified atom stereocenters. The summed E-state index contributed by atoms with van der Waals surface area (Å²) in [7, 11) is -2.83. The fraction of sp³-hybridized carbons (Fsp3) is 0.611. The number of amides is 1. The van der Waals surface area contributed by atoms with E-state index in [1.54, 1.807) is 11.8 Å². The lowest BCUT2D eigenvalue weighted by molar-refractivity contribution is -0.925. The van der Waals surface area contributed by atoms with Crippen LogP contribution in [0.4, 0.5) is 0 Å². The van der Waals surface area contributed by atoms with Crippen LogP contribution in [0.5, 0.6) is 5.75 Å². The van der Waals surface area contributed by atoms with Crippen molar-refractivity contribution in [1.82, 2.24) is 4.90 Å².